The number of hydrogen-bond acceptors (Lipinski definition) is 3. The molecule has 0 radical (unpaired) electrons. The van der Waals surface area contributed by atoms with Gasteiger partial charge in [-0.3, -0.25) is 0 Å². The van der Waals surface area contributed by atoms with Gasteiger partial charge in [0.05, 0.1) is 10.6 Å². The van der Waals surface area contributed by atoms with Crippen molar-refractivity contribution in [1.29, 1.82) is 0 Å². The van der Waals surface area contributed by atoms with E-state index in [2.05, 4.69) is 22.8 Å². The van der Waals surface area contributed by atoms with Crippen molar-refractivity contribution in [3.63, 3.8) is 0 Å². The summed E-state index contributed by atoms with van der Waals surface area (Å²) in [6.45, 7) is 2.05. The number of sulfonamides is 1. The normalized spacial score (nSPS) is 16.8. The smallest absolute Gasteiger partial charge is 0.241 e. The van der Waals surface area contributed by atoms with E-state index >= 15 is 0 Å². The largest absolute Gasteiger partial charge is 0.241 e. The Morgan fingerprint density at radius 3 is 2.68 bits per heavy atom. The van der Waals surface area contributed by atoms with Crippen molar-refractivity contribution in [2.75, 3.05) is 0 Å². The van der Waals surface area contributed by atoms with Gasteiger partial charge in [-0.05, 0) is 61.2 Å². The quantitative estimate of drug-likeness (QED) is 0.784. The van der Waals surface area contributed by atoms with Crippen molar-refractivity contribution in [3.05, 3.63) is 77.6 Å². The summed E-state index contributed by atoms with van der Waals surface area (Å²) >= 11 is 0. The first-order chi connectivity index (χ1) is 12.0. The third-order valence-corrected chi connectivity index (χ3v) is 6.08. The zero-order chi connectivity index (χ0) is 17.4. The predicted octanol–water partition coefficient (Wildman–Crippen LogP) is 3.15. The summed E-state index contributed by atoms with van der Waals surface area (Å²) < 4.78 is 30.0. The Kier molecular flexibility index (Phi) is 3.94. The average molecular weight is 353 g/mol. The molecule has 4 rings (SSSR count). The molecule has 1 atom stereocenters. The fraction of sp³-hybridized carbons (Fsp3) is 0.211. The van der Waals surface area contributed by atoms with Gasteiger partial charge in [0.1, 0.15) is 0 Å². The van der Waals surface area contributed by atoms with Gasteiger partial charge < -0.3 is 0 Å². The molecule has 0 bridgehead atoms. The van der Waals surface area contributed by atoms with E-state index in [9.17, 15) is 8.42 Å². The molecule has 1 N–H and O–H groups in total. The summed E-state index contributed by atoms with van der Waals surface area (Å²) in [5.74, 6) is 0. The topological polar surface area (TPSA) is 64.0 Å². The van der Waals surface area contributed by atoms with Gasteiger partial charge in [-0.25, -0.2) is 17.8 Å². The number of aryl methyl sites for hydroxylation is 2. The van der Waals surface area contributed by atoms with Crippen molar-refractivity contribution in [1.82, 2.24) is 14.5 Å². The molecule has 1 heterocycles. The van der Waals surface area contributed by atoms with Gasteiger partial charge in [0, 0.05) is 18.4 Å². The van der Waals surface area contributed by atoms with E-state index in [1.807, 2.05) is 24.4 Å². The molecule has 1 aliphatic rings. The second-order valence-corrected chi connectivity index (χ2v) is 8.07. The van der Waals surface area contributed by atoms with E-state index in [0.29, 0.717) is 0 Å². The Bertz CT molecular complexity index is 994. The molecule has 1 aromatic heterocycles. The minimum absolute atomic E-state index is 0.161. The SMILES string of the molecule is Cc1ccc2c(c1)CCC2NS(=O)(=O)c1ccc(-n2cccn2)cc1. The minimum atomic E-state index is -3.56. The van der Waals surface area contributed by atoms with Crippen molar-refractivity contribution in [2.24, 2.45) is 0 Å². The average Bonchev–Trinajstić information content (AvgIpc) is 3.25. The molecule has 2 aromatic carbocycles. The van der Waals surface area contributed by atoms with Crippen molar-refractivity contribution in [3.8, 4) is 5.69 Å². The lowest BCUT2D eigenvalue weighted by Crippen LogP contribution is -2.27. The number of aromatic nitrogens is 2. The fourth-order valence-electron chi connectivity index (χ4n) is 3.32. The summed E-state index contributed by atoms with van der Waals surface area (Å²) in [6, 6.07) is 14.6. The number of benzene rings is 2. The summed E-state index contributed by atoms with van der Waals surface area (Å²) in [7, 11) is -3.56. The molecule has 1 aliphatic carbocycles. The highest BCUT2D eigenvalue weighted by Crippen LogP contribution is 2.32. The van der Waals surface area contributed by atoms with Crippen LogP contribution in [0.25, 0.3) is 5.69 Å². The maximum atomic E-state index is 12.7. The highest BCUT2D eigenvalue weighted by atomic mass is 32.2. The third-order valence-electron chi connectivity index (χ3n) is 4.59. The lowest BCUT2D eigenvalue weighted by atomic mass is 10.1. The van der Waals surface area contributed by atoms with Crippen LogP contribution in [0.3, 0.4) is 0 Å². The molecule has 0 saturated heterocycles. The molecule has 0 aliphatic heterocycles. The molecule has 6 heteroatoms. The molecule has 0 saturated carbocycles. The molecule has 1 unspecified atom stereocenters. The molecule has 25 heavy (non-hydrogen) atoms. The number of nitrogens with one attached hydrogen (secondary N) is 1. The first-order valence-corrected chi connectivity index (χ1v) is 9.73. The van der Waals surface area contributed by atoms with Crippen LogP contribution in [0.1, 0.15) is 29.2 Å². The zero-order valence-electron chi connectivity index (χ0n) is 13.9. The van der Waals surface area contributed by atoms with Crippen LogP contribution in [0, 0.1) is 6.92 Å². The van der Waals surface area contributed by atoms with E-state index in [1.165, 1.54) is 11.1 Å². The van der Waals surface area contributed by atoms with Crippen LogP contribution in [-0.2, 0) is 16.4 Å². The molecule has 0 spiro atoms. The van der Waals surface area contributed by atoms with E-state index < -0.39 is 10.0 Å². The van der Waals surface area contributed by atoms with E-state index in [0.717, 1.165) is 24.1 Å². The highest BCUT2D eigenvalue weighted by Gasteiger charge is 2.27. The predicted molar refractivity (Wildman–Crippen MR) is 96.1 cm³/mol. The van der Waals surface area contributed by atoms with Gasteiger partial charge in [0.2, 0.25) is 10.0 Å². The van der Waals surface area contributed by atoms with Crippen molar-refractivity contribution < 1.29 is 8.42 Å². The standard InChI is InChI=1S/C19H19N3O2S/c1-14-3-9-18-15(13-14)4-10-19(18)21-25(23,24)17-7-5-16(6-8-17)22-12-2-11-20-22/h2-3,5-9,11-13,19,21H,4,10H2,1H3. The van der Waals surface area contributed by atoms with Crippen molar-refractivity contribution in [2.45, 2.75) is 30.7 Å². The summed E-state index contributed by atoms with van der Waals surface area (Å²) in [5, 5.41) is 4.15. The van der Waals surface area contributed by atoms with Crippen LogP contribution < -0.4 is 4.72 Å². The summed E-state index contributed by atoms with van der Waals surface area (Å²) in [4.78, 5) is 0.268. The second kappa shape index (κ2) is 6.13. The molecule has 128 valence electrons. The van der Waals surface area contributed by atoms with E-state index in [-0.39, 0.29) is 10.9 Å². The number of hydrogen-bond donors (Lipinski definition) is 1. The number of nitrogens with zero attached hydrogens (tertiary/aromatic N) is 2. The van der Waals surface area contributed by atoms with Gasteiger partial charge in [0.15, 0.2) is 0 Å². The zero-order valence-corrected chi connectivity index (χ0v) is 14.7. The molecule has 0 fully saturated rings. The molecular weight excluding hydrogens is 334 g/mol. The van der Waals surface area contributed by atoms with E-state index in [4.69, 9.17) is 0 Å². The fourth-order valence-corrected chi connectivity index (χ4v) is 4.57. The molecule has 5 nitrogen and oxygen atoms in total. The van der Waals surface area contributed by atoms with Gasteiger partial charge in [0.25, 0.3) is 0 Å². The molecular formula is C19H19N3O2S. The monoisotopic (exact) mass is 353 g/mol. The highest BCUT2D eigenvalue weighted by molar-refractivity contribution is 7.89. The van der Waals surface area contributed by atoms with Crippen LogP contribution >= 0.6 is 0 Å². The van der Waals surface area contributed by atoms with Crippen LogP contribution in [-0.4, -0.2) is 18.2 Å². The number of fused-ring (bicyclic) bond motifs is 1. The lowest BCUT2D eigenvalue weighted by Gasteiger charge is -2.15. The van der Waals surface area contributed by atoms with E-state index in [1.54, 1.807) is 35.1 Å². The first-order valence-electron chi connectivity index (χ1n) is 8.25. The van der Waals surface area contributed by atoms with Crippen LogP contribution in [0.15, 0.2) is 65.8 Å². The first kappa shape index (κ1) is 16.1. The van der Waals surface area contributed by atoms with Crippen LogP contribution in [0.5, 0.6) is 0 Å². The van der Waals surface area contributed by atoms with Gasteiger partial charge in [-0.1, -0.05) is 23.8 Å². The maximum Gasteiger partial charge on any atom is 0.241 e. The van der Waals surface area contributed by atoms with Crippen LogP contribution in [0.4, 0.5) is 0 Å². The molecule has 3 aromatic rings. The van der Waals surface area contributed by atoms with Crippen LogP contribution in [0.2, 0.25) is 0 Å². The third kappa shape index (κ3) is 3.10. The Morgan fingerprint density at radius 2 is 1.96 bits per heavy atom. The number of rotatable bonds is 4. The van der Waals surface area contributed by atoms with Gasteiger partial charge in [-0.15, -0.1) is 0 Å². The van der Waals surface area contributed by atoms with Gasteiger partial charge >= 0.3 is 0 Å². The second-order valence-electron chi connectivity index (χ2n) is 6.36. The summed E-state index contributed by atoms with van der Waals surface area (Å²) in [5.41, 5.74) is 4.35. The minimum Gasteiger partial charge on any atom is -0.241 e. The lowest BCUT2D eigenvalue weighted by molar-refractivity contribution is 0.554. The van der Waals surface area contributed by atoms with Crippen molar-refractivity contribution >= 4 is 10.0 Å². The Morgan fingerprint density at radius 1 is 1.16 bits per heavy atom. The Labute approximate surface area is 147 Å². The summed E-state index contributed by atoms with van der Waals surface area (Å²) in [6.07, 6.45) is 5.20. The Hall–Kier alpha value is -2.44. The molecule has 0 amide bonds. The Balaban J connectivity index is 1.57. The van der Waals surface area contributed by atoms with Gasteiger partial charge in [-0.2, -0.15) is 5.10 Å². The maximum absolute atomic E-state index is 12.7.